The molecule has 0 aromatic carbocycles. The summed E-state index contributed by atoms with van der Waals surface area (Å²) in [5.41, 5.74) is 0. The lowest BCUT2D eigenvalue weighted by Gasteiger charge is -2.36. The predicted molar refractivity (Wildman–Crippen MR) is 79.8 cm³/mol. The lowest BCUT2D eigenvalue weighted by atomic mass is 10.1. The fraction of sp³-hybridized carbons (Fsp3) is 0.786. The van der Waals surface area contributed by atoms with Gasteiger partial charge in [-0.2, -0.15) is 0 Å². The second-order valence-electron chi connectivity index (χ2n) is 4.99. The van der Waals surface area contributed by atoms with E-state index in [2.05, 4.69) is 29.0 Å². The zero-order valence-corrected chi connectivity index (χ0v) is 12.8. The molecule has 1 aliphatic rings. The van der Waals surface area contributed by atoms with E-state index in [0.29, 0.717) is 6.04 Å². The number of hydrogen-bond acceptors (Lipinski definition) is 5. The van der Waals surface area contributed by atoms with Crippen LogP contribution in [0.1, 0.15) is 25.3 Å². The first kappa shape index (κ1) is 14.9. The Hall–Kier alpha value is -0.490. The highest BCUT2D eigenvalue weighted by Crippen LogP contribution is 2.15. The number of thiazole rings is 1. The quantitative estimate of drug-likeness (QED) is 0.827. The smallest absolute Gasteiger partial charge is 0.0941 e. The van der Waals surface area contributed by atoms with Gasteiger partial charge in [0, 0.05) is 37.1 Å². The predicted octanol–water partition coefficient (Wildman–Crippen LogP) is 1.77. The van der Waals surface area contributed by atoms with Crippen LogP contribution >= 0.6 is 11.3 Å². The lowest BCUT2D eigenvalue weighted by molar-refractivity contribution is -0.0447. The lowest BCUT2D eigenvalue weighted by Crippen LogP contribution is -2.53. The Morgan fingerprint density at radius 1 is 1.58 bits per heavy atom. The number of morpholine rings is 1. The SMILES string of the molecule is CCCNC(Cc1nccs1)C1CN(CC)CCO1. The molecule has 108 valence electrons. The van der Waals surface area contributed by atoms with Gasteiger partial charge < -0.3 is 10.1 Å². The van der Waals surface area contributed by atoms with Crippen LogP contribution in [0.5, 0.6) is 0 Å². The van der Waals surface area contributed by atoms with Crippen molar-refractivity contribution in [2.75, 3.05) is 32.8 Å². The molecule has 1 aliphatic heterocycles. The van der Waals surface area contributed by atoms with E-state index in [1.807, 2.05) is 11.6 Å². The summed E-state index contributed by atoms with van der Waals surface area (Å²) in [6.07, 6.45) is 4.29. The zero-order chi connectivity index (χ0) is 13.5. The second kappa shape index (κ2) is 7.94. The number of hydrogen-bond donors (Lipinski definition) is 1. The Balaban J connectivity index is 1.95. The first-order valence-corrected chi connectivity index (χ1v) is 8.17. The molecule has 2 unspecified atom stereocenters. The van der Waals surface area contributed by atoms with E-state index in [-0.39, 0.29) is 6.10 Å². The maximum Gasteiger partial charge on any atom is 0.0941 e. The van der Waals surface area contributed by atoms with Crippen molar-refractivity contribution in [2.45, 2.75) is 38.8 Å². The largest absolute Gasteiger partial charge is 0.374 e. The van der Waals surface area contributed by atoms with Crippen molar-refractivity contribution in [1.29, 1.82) is 0 Å². The Labute approximate surface area is 120 Å². The van der Waals surface area contributed by atoms with Crippen molar-refractivity contribution < 1.29 is 4.74 Å². The van der Waals surface area contributed by atoms with E-state index < -0.39 is 0 Å². The van der Waals surface area contributed by atoms with Crippen LogP contribution in [0.2, 0.25) is 0 Å². The minimum Gasteiger partial charge on any atom is -0.374 e. The number of likely N-dealkylation sites (N-methyl/N-ethyl adjacent to an activating group) is 1. The molecule has 19 heavy (non-hydrogen) atoms. The Morgan fingerprint density at radius 3 is 3.16 bits per heavy atom. The molecule has 2 rings (SSSR count). The summed E-state index contributed by atoms with van der Waals surface area (Å²) < 4.78 is 5.99. The summed E-state index contributed by atoms with van der Waals surface area (Å²) in [5.74, 6) is 0. The van der Waals surface area contributed by atoms with Crippen LogP contribution in [0.3, 0.4) is 0 Å². The number of nitrogens with zero attached hydrogens (tertiary/aromatic N) is 2. The molecule has 0 bridgehead atoms. The first-order chi connectivity index (χ1) is 9.33. The first-order valence-electron chi connectivity index (χ1n) is 7.29. The standard InChI is InChI=1S/C14H25N3OS/c1-3-5-15-12(10-14-16-6-9-19-14)13-11-17(4-2)7-8-18-13/h6,9,12-13,15H,3-5,7-8,10-11H2,1-2H3. The van der Waals surface area contributed by atoms with E-state index in [9.17, 15) is 0 Å². The van der Waals surface area contributed by atoms with Crippen LogP contribution in [0.15, 0.2) is 11.6 Å². The van der Waals surface area contributed by atoms with Gasteiger partial charge in [0.2, 0.25) is 0 Å². The monoisotopic (exact) mass is 283 g/mol. The van der Waals surface area contributed by atoms with Gasteiger partial charge in [0.15, 0.2) is 0 Å². The van der Waals surface area contributed by atoms with Crippen LogP contribution in [-0.4, -0.2) is 54.8 Å². The van der Waals surface area contributed by atoms with E-state index in [4.69, 9.17) is 4.74 Å². The van der Waals surface area contributed by atoms with Crippen LogP contribution in [0.25, 0.3) is 0 Å². The molecule has 1 saturated heterocycles. The number of aromatic nitrogens is 1. The third-order valence-electron chi connectivity index (χ3n) is 3.61. The molecule has 1 N–H and O–H groups in total. The van der Waals surface area contributed by atoms with E-state index >= 15 is 0 Å². The molecule has 2 atom stereocenters. The van der Waals surface area contributed by atoms with E-state index in [0.717, 1.165) is 45.6 Å². The second-order valence-corrected chi connectivity index (χ2v) is 5.97. The maximum atomic E-state index is 5.99. The highest BCUT2D eigenvalue weighted by atomic mass is 32.1. The molecular weight excluding hydrogens is 258 g/mol. The molecule has 1 aromatic rings. The summed E-state index contributed by atoms with van der Waals surface area (Å²) in [5, 5.41) is 6.88. The summed E-state index contributed by atoms with van der Waals surface area (Å²) in [4.78, 5) is 6.88. The van der Waals surface area contributed by atoms with E-state index in [1.54, 1.807) is 11.3 Å². The van der Waals surface area contributed by atoms with Gasteiger partial charge in [0.1, 0.15) is 0 Å². The molecule has 2 heterocycles. The van der Waals surface area contributed by atoms with Gasteiger partial charge in [-0.05, 0) is 19.5 Å². The summed E-state index contributed by atoms with van der Waals surface area (Å²) >= 11 is 1.73. The van der Waals surface area contributed by atoms with Gasteiger partial charge in [0.25, 0.3) is 0 Å². The Kier molecular flexibility index (Phi) is 6.23. The van der Waals surface area contributed by atoms with Crippen molar-refractivity contribution in [3.63, 3.8) is 0 Å². The molecule has 4 nitrogen and oxygen atoms in total. The Morgan fingerprint density at radius 2 is 2.47 bits per heavy atom. The van der Waals surface area contributed by atoms with Crippen LogP contribution in [0, 0.1) is 0 Å². The molecular formula is C14H25N3OS. The topological polar surface area (TPSA) is 37.4 Å². The fourth-order valence-electron chi connectivity index (χ4n) is 2.47. The third kappa shape index (κ3) is 4.53. The van der Waals surface area contributed by atoms with Crippen LogP contribution in [0.4, 0.5) is 0 Å². The summed E-state index contributed by atoms with van der Waals surface area (Å²) in [6, 6.07) is 0.375. The molecule has 5 heteroatoms. The van der Waals surface area contributed by atoms with E-state index in [1.165, 1.54) is 5.01 Å². The van der Waals surface area contributed by atoms with Gasteiger partial charge in [-0.3, -0.25) is 4.90 Å². The van der Waals surface area contributed by atoms with Crippen molar-refractivity contribution in [3.05, 3.63) is 16.6 Å². The molecule has 0 spiro atoms. The molecule has 1 aromatic heterocycles. The zero-order valence-electron chi connectivity index (χ0n) is 12.0. The molecule has 0 aliphatic carbocycles. The minimum atomic E-state index is 0.282. The maximum absolute atomic E-state index is 5.99. The minimum absolute atomic E-state index is 0.282. The van der Waals surface area contributed by atoms with Crippen molar-refractivity contribution in [1.82, 2.24) is 15.2 Å². The molecule has 1 fully saturated rings. The van der Waals surface area contributed by atoms with Crippen LogP contribution in [-0.2, 0) is 11.2 Å². The van der Waals surface area contributed by atoms with Crippen molar-refractivity contribution in [3.8, 4) is 0 Å². The third-order valence-corrected chi connectivity index (χ3v) is 4.41. The van der Waals surface area contributed by atoms with Crippen LogP contribution < -0.4 is 5.32 Å². The highest BCUT2D eigenvalue weighted by molar-refractivity contribution is 7.09. The average molecular weight is 283 g/mol. The van der Waals surface area contributed by atoms with Gasteiger partial charge in [-0.15, -0.1) is 11.3 Å². The Bertz CT molecular complexity index is 344. The fourth-order valence-corrected chi connectivity index (χ4v) is 3.15. The van der Waals surface area contributed by atoms with Gasteiger partial charge in [0.05, 0.1) is 17.7 Å². The molecule has 0 saturated carbocycles. The summed E-state index contributed by atoms with van der Waals surface area (Å²) in [6.45, 7) is 9.51. The molecule has 0 radical (unpaired) electrons. The average Bonchev–Trinajstić information content (AvgIpc) is 2.96. The number of rotatable bonds is 7. The van der Waals surface area contributed by atoms with Gasteiger partial charge in [-0.25, -0.2) is 4.98 Å². The normalized spacial score (nSPS) is 22.5. The summed E-state index contributed by atoms with van der Waals surface area (Å²) in [7, 11) is 0. The number of ether oxygens (including phenoxy) is 1. The van der Waals surface area contributed by atoms with Crippen molar-refractivity contribution >= 4 is 11.3 Å². The number of nitrogens with one attached hydrogen (secondary N) is 1. The van der Waals surface area contributed by atoms with Gasteiger partial charge in [-0.1, -0.05) is 13.8 Å². The molecule has 0 amide bonds. The van der Waals surface area contributed by atoms with Crippen molar-refractivity contribution in [2.24, 2.45) is 0 Å². The van der Waals surface area contributed by atoms with Gasteiger partial charge >= 0.3 is 0 Å². The highest BCUT2D eigenvalue weighted by Gasteiger charge is 2.27.